The fourth-order valence-electron chi connectivity index (χ4n) is 1.43. The van der Waals surface area contributed by atoms with Crippen LogP contribution < -0.4 is 0 Å². The molecule has 0 rings (SSSR count). The van der Waals surface area contributed by atoms with E-state index >= 15 is 0 Å². The van der Waals surface area contributed by atoms with Gasteiger partial charge in [-0.25, -0.2) is 19.6 Å². The van der Waals surface area contributed by atoms with Crippen LogP contribution in [0.25, 0.3) is 0 Å². The van der Waals surface area contributed by atoms with Crippen LogP contribution in [0.3, 0.4) is 0 Å². The lowest BCUT2D eigenvalue weighted by molar-refractivity contribution is 0.0472. The lowest BCUT2D eigenvalue weighted by atomic mass is 9.98. The van der Waals surface area contributed by atoms with Crippen molar-refractivity contribution < 1.29 is 14.3 Å². The summed E-state index contributed by atoms with van der Waals surface area (Å²) < 4.78 is 5.62. The highest BCUT2D eigenvalue weighted by Gasteiger charge is 2.13. The Hall–Kier alpha value is -1.28. The van der Waals surface area contributed by atoms with Gasteiger partial charge in [-0.05, 0) is 18.3 Å². The predicted octanol–water partition coefficient (Wildman–Crippen LogP) is 2.12. The molecule has 0 aromatic heterocycles. The number of isocyanates is 2. The van der Waals surface area contributed by atoms with Crippen molar-refractivity contribution in [2.75, 3.05) is 26.3 Å². The highest BCUT2D eigenvalue weighted by Crippen LogP contribution is 2.15. The molecule has 0 heterocycles. The van der Waals surface area contributed by atoms with Crippen LogP contribution in [0.15, 0.2) is 9.98 Å². The molecular formula is C13H22N2O3. The van der Waals surface area contributed by atoms with Gasteiger partial charge in [0.05, 0.1) is 26.3 Å². The molecule has 0 aromatic carbocycles. The minimum atomic E-state index is 0.125. The molecule has 1 atom stereocenters. The Morgan fingerprint density at radius 3 is 2.39 bits per heavy atom. The molecule has 0 N–H and O–H groups in total. The van der Waals surface area contributed by atoms with E-state index in [1.807, 2.05) is 0 Å². The standard InChI is InChI=1S/C13H22N2O3/c1-13(2,3)9-18-8-12(7-15-11-17)5-4-6-14-10-16/h12H,4-9H2,1-3H3. The molecule has 0 saturated heterocycles. The van der Waals surface area contributed by atoms with E-state index in [2.05, 4.69) is 30.8 Å². The first-order valence-corrected chi connectivity index (χ1v) is 6.14. The molecule has 0 radical (unpaired) electrons. The molecule has 0 fully saturated rings. The average molecular weight is 254 g/mol. The number of hydrogen-bond acceptors (Lipinski definition) is 5. The summed E-state index contributed by atoms with van der Waals surface area (Å²) in [5.74, 6) is 0.177. The second-order valence-corrected chi connectivity index (χ2v) is 5.49. The number of rotatable bonds is 9. The van der Waals surface area contributed by atoms with E-state index in [9.17, 15) is 9.59 Å². The maximum absolute atomic E-state index is 10.1. The quantitative estimate of drug-likeness (QED) is 0.359. The molecule has 5 nitrogen and oxygen atoms in total. The van der Waals surface area contributed by atoms with Crippen molar-refractivity contribution in [2.24, 2.45) is 21.3 Å². The lowest BCUT2D eigenvalue weighted by Crippen LogP contribution is -2.20. The van der Waals surface area contributed by atoms with E-state index in [-0.39, 0.29) is 11.3 Å². The smallest absolute Gasteiger partial charge is 0.234 e. The van der Waals surface area contributed by atoms with Crippen molar-refractivity contribution in [1.82, 2.24) is 0 Å². The van der Waals surface area contributed by atoms with Gasteiger partial charge in [-0.1, -0.05) is 20.8 Å². The zero-order valence-electron chi connectivity index (χ0n) is 11.4. The van der Waals surface area contributed by atoms with Crippen LogP contribution in [0.1, 0.15) is 33.6 Å². The lowest BCUT2D eigenvalue weighted by Gasteiger charge is -2.20. The average Bonchev–Trinajstić information content (AvgIpc) is 2.29. The van der Waals surface area contributed by atoms with Gasteiger partial charge in [0, 0.05) is 5.92 Å². The van der Waals surface area contributed by atoms with E-state index in [0.29, 0.717) is 26.3 Å². The van der Waals surface area contributed by atoms with Crippen LogP contribution in [0.4, 0.5) is 0 Å². The summed E-state index contributed by atoms with van der Waals surface area (Å²) >= 11 is 0. The van der Waals surface area contributed by atoms with Gasteiger partial charge in [0.25, 0.3) is 0 Å². The monoisotopic (exact) mass is 254 g/mol. The van der Waals surface area contributed by atoms with Crippen molar-refractivity contribution in [3.63, 3.8) is 0 Å². The predicted molar refractivity (Wildman–Crippen MR) is 69.0 cm³/mol. The van der Waals surface area contributed by atoms with Gasteiger partial charge >= 0.3 is 0 Å². The molecule has 0 aromatic rings. The minimum Gasteiger partial charge on any atom is -0.381 e. The molecule has 1 unspecified atom stereocenters. The molecule has 102 valence electrons. The number of carbonyl (C=O) groups excluding carboxylic acids is 2. The highest BCUT2D eigenvalue weighted by atomic mass is 16.5. The Balaban J connectivity index is 3.97. The first-order valence-electron chi connectivity index (χ1n) is 6.14. The van der Waals surface area contributed by atoms with E-state index in [4.69, 9.17) is 4.74 Å². The van der Waals surface area contributed by atoms with Crippen LogP contribution in [0.5, 0.6) is 0 Å². The number of aliphatic imine (C=N–C) groups is 2. The van der Waals surface area contributed by atoms with Crippen LogP contribution >= 0.6 is 0 Å². The summed E-state index contributed by atoms with van der Waals surface area (Å²) in [4.78, 5) is 27.1. The second kappa shape index (κ2) is 9.72. The van der Waals surface area contributed by atoms with Gasteiger partial charge in [0.2, 0.25) is 12.2 Å². The summed E-state index contributed by atoms with van der Waals surface area (Å²) in [6, 6.07) is 0. The molecule has 0 amide bonds. The van der Waals surface area contributed by atoms with Crippen LogP contribution in [0, 0.1) is 11.3 Å². The summed E-state index contributed by atoms with van der Waals surface area (Å²) in [7, 11) is 0. The Bertz CT molecular complexity index is 311. The summed E-state index contributed by atoms with van der Waals surface area (Å²) in [5, 5.41) is 0. The van der Waals surface area contributed by atoms with Gasteiger partial charge in [0.1, 0.15) is 0 Å². The van der Waals surface area contributed by atoms with E-state index in [1.165, 1.54) is 6.08 Å². The number of ether oxygens (including phenoxy) is 1. The van der Waals surface area contributed by atoms with Crippen molar-refractivity contribution >= 4 is 12.2 Å². The molecule has 0 aliphatic carbocycles. The number of hydrogen-bond donors (Lipinski definition) is 0. The zero-order valence-corrected chi connectivity index (χ0v) is 11.4. The van der Waals surface area contributed by atoms with Crippen LogP contribution in [0.2, 0.25) is 0 Å². The van der Waals surface area contributed by atoms with Crippen molar-refractivity contribution in [3.8, 4) is 0 Å². The molecule has 18 heavy (non-hydrogen) atoms. The third-order valence-corrected chi connectivity index (χ3v) is 2.25. The normalized spacial score (nSPS) is 12.4. The topological polar surface area (TPSA) is 68.1 Å². The number of nitrogens with zero attached hydrogens (tertiary/aromatic N) is 2. The van der Waals surface area contributed by atoms with Gasteiger partial charge in [-0.3, -0.25) is 0 Å². The Morgan fingerprint density at radius 1 is 1.17 bits per heavy atom. The zero-order chi connectivity index (χ0) is 13.9. The summed E-state index contributed by atoms with van der Waals surface area (Å²) in [6.45, 7) is 8.41. The molecule has 0 saturated carbocycles. The molecule has 0 aliphatic heterocycles. The molecular weight excluding hydrogens is 232 g/mol. The molecule has 0 aliphatic rings. The minimum absolute atomic E-state index is 0.125. The third kappa shape index (κ3) is 11.2. The first-order chi connectivity index (χ1) is 8.49. The van der Waals surface area contributed by atoms with E-state index < -0.39 is 0 Å². The van der Waals surface area contributed by atoms with Crippen molar-refractivity contribution in [1.29, 1.82) is 0 Å². The second-order valence-electron chi connectivity index (χ2n) is 5.49. The van der Waals surface area contributed by atoms with Crippen LogP contribution in [-0.4, -0.2) is 38.5 Å². The summed E-state index contributed by atoms with van der Waals surface area (Å²) in [5.41, 5.74) is 0.125. The van der Waals surface area contributed by atoms with E-state index in [0.717, 1.165) is 12.8 Å². The van der Waals surface area contributed by atoms with Crippen LogP contribution in [-0.2, 0) is 14.3 Å². The van der Waals surface area contributed by atoms with Gasteiger partial charge in [-0.2, -0.15) is 0 Å². The van der Waals surface area contributed by atoms with Crippen molar-refractivity contribution in [3.05, 3.63) is 0 Å². The first kappa shape index (κ1) is 16.7. The molecule has 0 spiro atoms. The fourth-order valence-corrected chi connectivity index (χ4v) is 1.43. The Morgan fingerprint density at radius 2 is 1.83 bits per heavy atom. The molecule has 5 heteroatoms. The third-order valence-electron chi connectivity index (χ3n) is 2.25. The Labute approximate surface area is 108 Å². The maximum atomic E-state index is 10.1. The summed E-state index contributed by atoms with van der Waals surface area (Å²) in [6.07, 6.45) is 4.64. The maximum Gasteiger partial charge on any atom is 0.234 e. The van der Waals surface area contributed by atoms with Gasteiger partial charge in [0.15, 0.2) is 0 Å². The molecule has 0 bridgehead atoms. The largest absolute Gasteiger partial charge is 0.381 e. The highest BCUT2D eigenvalue weighted by molar-refractivity contribution is 5.33. The van der Waals surface area contributed by atoms with Gasteiger partial charge < -0.3 is 4.74 Å². The fraction of sp³-hybridized carbons (Fsp3) is 0.846. The Kier molecular flexibility index (Phi) is 9.03. The SMILES string of the molecule is CC(C)(C)COCC(CCCN=C=O)CN=C=O. The van der Waals surface area contributed by atoms with Crippen molar-refractivity contribution in [2.45, 2.75) is 33.6 Å². The van der Waals surface area contributed by atoms with Gasteiger partial charge in [-0.15, -0.1) is 0 Å². The van der Waals surface area contributed by atoms with E-state index in [1.54, 1.807) is 6.08 Å².